The minimum atomic E-state index is -0.850. The molecular weight excluding hydrogens is 442 g/mol. The van der Waals surface area contributed by atoms with Gasteiger partial charge >= 0.3 is 0 Å². The van der Waals surface area contributed by atoms with Crippen molar-refractivity contribution in [2.75, 3.05) is 14.2 Å². The number of carbonyl (C=O) groups excluding carboxylic acids is 4. The number of imide groups is 1. The number of allylic oxidation sites excluding steroid dienone is 6. The Balaban J connectivity index is 1.79. The summed E-state index contributed by atoms with van der Waals surface area (Å²) in [5, 5.41) is 20.4. The Morgan fingerprint density at radius 1 is 1.00 bits per heavy atom. The number of ether oxygens (including phenoxy) is 2. The van der Waals surface area contributed by atoms with Crippen LogP contribution in [-0.2, 0) is 19.2 Å². The van der Waals surface area contributed by atoms with Crippen molar-refractivity contribution < 1.29 is 39.0 Å². The third-order valence-corrected chi connectivity index (χ3v) is 7.36. The Hall–Kier alpha value is -3.72. The van der Waals surface area contributed by atoms with Crippen LogP contribution in [0.3, 0.4) is 0 Å². The molecule has 176 valence electrons. The highest BCUT2D eigenvalue weighted by Crippen LogP contribution is 2.57. The number of benzene rings is 1. The zero-order valence-electron chi connectivity index (χ0n) is 18.8. The third kappa shape index (κ3) is 2.89. The number of Topliss-reactive ketones (excluding diaryl/α,β-unsaturated/α-hetero) is 1. The molecule has 1 aliphatic heterocycles. The first-order valence-electron chi connectivity index (χ1n) is 10.9. The van der Waals surface area contributed by atoms with Gasteiger partial charge in [-0.3, -0.25) is 24.4 Å². The highest BCUT2D eigenvalue weighted by atomic mass is 16.5. The summed E-state index contributed by atoms with van der Waals surface area (Å²) in [6, 6.07) is 2.79. The Morgan fingerprint density at radius 2 is 1.65 bits per heavy atom. The molecule has 1 aromatic rings. The van der Waals surface area contributed by atoms with Crippen LogP contribution in [-0.4, -0.2) is 53.0 Å². The fourth-order valence-corrected chi connectivity index (χ4v) is 5.91. The van der Waals surface area contributed by atoms with E-state index < -0.39 is 35.5 Å². The van der Waals surface area contributed by atoms with Gasteiger partial charge in [0.15, 0.2) is 11.6 Å². The van der Waals surface area contributed by atoms with Crippen molar-refractivity contribution in [1.29, 1.82) is 0 Å². The Labute approximate surface area is 194 Å². The number of hydroxylamine groups is 2. The van der Waals surface area contributed by atoms with Gasteiger partial charge in [-0.05, 0) is 31.8 Å². The maximum atomic E-state index is 13.3. The van der Waals surface area contributed by atoms with Crippen molar-refractivity contribution in [3.63, 3.8) is 0 Å². The number of nitrogens with zero attached hydrogens (tertiary/aromatic N) is 1. The number of phenolic OH excluding ortho intramolecular Hbond substituents is 1. The summed E-state index contributed by atoms with van der Waals surface area (Å²) in [5.74, 6) is -4.56. The van der Waals surface area contributed by atoms with Gasteiger partial charge in [0.2, 0.25) is 0 Å². The number of amides is 2. The third-order valence-electron chi connectivity index (χ3n) is 7.36. The van der Waals surface area contributed by atoms with Crippen LogP contribution in [0.5, 0.6) is 17.2 Å². The summed E-state index contributed by atoms with van der Waals surface area (Å²) < 4.78 is 11.1. The highest BCUT2D eigenvalue weighted by Gasteiger charge is 2.56. The Bertz CT molecular complexity index is 1240. The van der Waals surface area contributed by atoms with Crippen LogP contribution in [0.15, 0.2) is 46.6 Å². The first-order valence-corrected chi connectivity index (χ1v) is 10.9. The van der Waals surface area contributed by atoms with Crippen molar-refractivity contribution in [2.24, 2.45) is 17.8 Å². The van der Waals surface area contributed by atoms with E-state index in [-0.39, 0.29) is 57.9 Å². The number of hydrogen-bond donors (Lipinski definition) is 2. The maximum Gasteiger partial charge on any atom is 0.257 e. The van der Waals surface area contributed by atoms with Gasteiger partial charge in [-0.2, -0.15) is 5.06 Å². The lowest BCUT2D eigenvalue weighted by Crippen LogP contribution is -2.39. The number of fused-ring (bicyclic) bond motifs is 3. The van der Waals surface area contributed by atoms with Crippen LogP contribution in [0.1, 0.15) is 31.2 Å². The summed E-state index contributed by atoms with van der Waals surface area (Å²) in [7, 11) is 2.83. The van der Waals surface area contributed by atoms with Crippen LogP contribution in [0.25, 0.3) is 0 Å². The maximum absolute atomic E-state index is 13.3. The molecule has 9 nitrogen and oxygen atoms in total. The molecule has 0 aromatic heterocycles. The van der Waals surface area contributed by atoms with Gasteiger partial charge in [0.05, 0.1) is 26.1 Å². The van der Waals surface area contributed by atoms with Crippen molar-refractivity contribution in [3.8, 4) is 17.2 Å². The van der Waals surface area contributed by atoms with E-state index in [0.717, 1.165) is 0 Å². The molecule has 9 heteroatoms. The van der Waals surface area contributed by atoms with Crippen LogP contribution < -0.4 is 9.47 Å². The zero-order chi connectivity index (χ0) is 24.5. The van der Waals surface area contributed by atoms with Gasteiger partial charge in [0.1, 0.15) is 17.2 Å². The van der Waals surface area contributed by atoms with Crippen molar-refractivity contribution in [1.82, 2.24) is 5.06 Å². The molecule has 4 atom stereocenters. The average Bonchev–Trinajstić information content (AvgIpc) is 3.04. The number of ketones is 2. The molecule has 3 aliphatic carbocycles. The fourth-order valence-electron chi connectivity index (χ4n) is 5.91. The van der Waals surface area contributed by atoms with Gasteiger partial charge in [-0.1, -0.05) is 11.6 Å². The van der Waals surface area contributed by atoms with E-state index in [1.54, 1.807) is 6.92 Å². The summed E-state index contributed by atoms with van der Waals surface area (Å²) in [6.07, 6.45) is 3.43. The largest absolute Gasteiger partial charge is 0.508 e. The lowest BCUT2D eigenvalue weighted by molar-refractivity contribution is -0.173. The molecule has 5 rings (SSSR count). The Morgan fingerprint density at radius 3 is 2.26 bits per heavy atom. The molecule has 0 unspecified atom stereocenters. The summed E-state index contributed by atoms with van der Waals surface area (Å²) in [4.78, 5) is 51.9. The van der Waals surface area contributed by atoms with E-state index >= 15 is 0 Å². The second-order valence-corrected chi connectivity index (χ2v) is 8.98. The minimum Gasteiger partial charge on any atom is -0.508 e. The predicted octanol–water partition coefficient (Wildman–Crippen LogP) is 2.23. The molecule has 0 radical (unpaired) electrons. The predicted molar refractivity (Wildman–Crippen MR) is 116 cm³/mol. The second kappa shape index (κ2) is 7.66. The van der Waals surface area contributed by atoms with E-state index in [1.807, 2.05) is 6.08 Å². The molecular formula is C25H23NO8. The average molecular weight is 465 g/mol. The SMILES string of the molecule is COc1cc(O)cc(OC)c1[C@H]1C2=CC[C@@H]3C(=O)N(O)C(=O)[C@@H]3[C@@H]2CC2=C1C(=O)C=C(C)C2=O. The number of carbonyl (C=O) groups is 4. The molecule has 2 amide bonds. The van der Waals surface area contributed by atoms with E-state index in [4.69, 9.17) is 9.47 Å². The number of methoxy groups -OCH3 is 2. The number of hydrogen-bond acceptors (Lipinski definition) is 8. The molecule has 1 heterocycles. The van der Waals surface area contributed by atoms with Gasteiger partial charge in [-0.15, -0.1) is 0 Å². The van der Waals surface area contributed by atoms with Gasteiger partial charge in [0, 0.05) is 40.3 Å². The first-order chi connectivity index (χ1) is 16.2. The van der Waals surface area contributed by atoms with E-state index in [2.05, 4.69) is 0 Å². The molecule has 1 aromatic carbocycles. The van der Waals surface area contributed by atoms with Crippen LogP contribution >= 0.6 is 0 Å². The topological polar surface area (TPSA) is 130 Å². The summed E-state index contributed by atoms with van der Waals surface area (Å²) in [6.45, 7) is 1.56. The van der Waals surface area contributed by atoms with Crippen LogP contribution in [0.4, 0.5) is 0 Å². The van der Waals surface area contributed by atoms with Crippen molar-refractivity contribution in [2.45, 2.75) is 25.7 Å². The van der Waals surface area contributed by atoms with Crippen LogP contribution in [0, 0.1) is 17.8 Å². The number of aromatic hydroxyl groups is 1. The molecule has 0 bridgehead atoms. The lowest BCUT2D eigenvalue weighted by atomic mass is 9.59. The summed E-state index contributed by atoms with van der Waals surface area (Å²) in [5.41, 5.74) is 1.98. The van der Waals surface area contributed by atoms with E-state index in [1.165, 1.54) is 32.4 Å². The minimum absolute atomic E-state index is 0.101. The molecule has 1 fully saturated rings. The van der Waals surface area contributed by atoms with Crippen molar-refractivity contribution >= 4 is 23.4 Å². The molecule has 0 spiro atoms. The molecule has 34 heavy (non-hydrogen) atoms. The van der Waals surface area contributed by atoms with Crippen LogP contribution in [0.2, 0.25) is 0 Å². The standard InChI is InChI=1S/C25H23NO8/c1-10-6-16(28)20-15(23(10)29)9-14-12(4-5-13-19(14)25(31)26(32)24(13)30)21(20)22-17(33-2)7-11(27)8-18(22)34-3/h4,6-8,13-14,19,21,27,32H,5,9H2,1-3H3/t13-,14+,19-,21-/m0/s1. The molecule has 0 saturated carbocycles. The smallest absolute Gasteiger partial charge is 0.257 e. The number of phenols is 1. The summed E-state index contributed by atoms with van der Waals surface area (Å²) >= 11 is 0. The quantitative estimate of drug-likeness (QED) is 0.301. The number of rotatable bonds is 3. The zero-order valence-corrected chi connectivity index (χ0v) is 18.8. The normalized spacial score (nSPS) is 28.3. The van der Waals surface area contributed by atoms with Gasteiger partial charge in [-0.25, -0.2) is 0 Å². The molecule has 2 N–H and O–H groups in total. The van der Waals surface area contributed by atoms with Gasteiger partial charge < -0.3 is 14.6 Å². The van der Waals surface area contributed by atoms with E-state index in [9.17, 15) is 29.5 Å². The second-order valence-electron chi connectivity index (χ2n) is 8.98. The monoisotopic (exact) mass is 465 g/mol. The lowest BCUT2D eigenvalue weighted by Gasteiger charge is -2.42. The first kappa shape index (κ1) is 22.1. The molecule has 1 saturated heterocycles. The van der Waals surface area contributed by atoms with Gasteiger partial charge in [0.25, 0.3) is 11.8 Å². The van der Waals surface area contributed by atoms with E-state index in [0.29, 0.717) is 16.7 Å². The fraction of sp³-hybridized carbons (Fsp3) is 0.360. The Kier molecular flexibility index (Phi) is 4.98. The highest BCUT2D eigenvalue weighted by molar-refractivity contribution is 6.23. The van der Waals surface area contributed by atoms with Crippen molar-refractivity contribution in [3.05, 3.63) is 52.1 Å². The molecule has 4 aliphatic rings.